The summed E-state index contributed by atoms with van der Waals surface area (Å²) in [5.41, 5.74) is -0.338. The van der Waals surface area contributed by atoms with E-state index in [0.29, 0.717) is 24.7 Å². The summed E-state index contributed by atoms with van der Waals surface area (Å²) in [5.74, 6) is 1.04. The lowest BCUT2D eigenvalue weighted by molar-refractivity contribution is 0.287. The third-order valence-corrected chi connectivity index (χ3v) is 6.34. The highest BCUT2D eigenvalue weighted by Gasteiger charge is 2.25. The van der Waals surface area contributed by atoms with Crippen LogP contribution in [0.15, 0.2) is 50.9 Å². The number of ether oxygens (including phenoxy) is 2. The van der Waals surface area contributed by atoms with Gasteiger partial charge in [-0.2, -0.15) is 0 Å². The monoisotopic (exact) mass is 461 g/mol. The summed E-state index contributed by atoms with van der Waals surface area (Å²) in [6, 6.07) is 8.77. The van der Waals surface area contributed by atoms with Crippen molar-refractivity contribution in [1.29, 1.82) is 0 Å². The minimum absolute atomic E-state index is 0.0771. The van der Waals surface area contributed by atoms with Crippen molar-refractivity contribution in [3.63, 3.8) is 0 Å². The second-order valence-corrected chi connectivity index (χ2v) is 9.24. The molecule has 172 valence electrons. The van der Waals surface area contributed by atoms with Crippen molar-refractivity contribution in [2.75, 3.05) is 13.2 Å². The first-order chi connectivity index (χ1) is 15.2. The number of sulfonamides is 1. The van der Waals surface area contributed by atoms with Gasteiger partial charge in [-0.1, -0.05) is 19.9 Å². The van der Waals surface area contributed by atoms with E-state index in [0.717, 1.165) is 5.56 Å². The van der Waals surface area contributed by atoms with Crippen LogP contribution < -0.4 is 25.4 Å². The molecule has 0 amide bonds. The Morgan fingerprint density at radius 2 is 1.62 bits per heavy atom. The van der Waals surface area contributed by atoms with E-state index in [1.807, 2.05) is 27.7 Å². The highest BCUT2D eigenvalue weighted by Crippen LogP contribution is 2.33. The zero-order chi connectivity index (χ0) is 23.5. The summed E-state index contributed by atoms with van der Waals surface area (Å²) < 4.78 is 40.3. The maximum absolute atomic E-state index is 13.2. The fourth-order valence-electron chi connectivity index (χ4n) is 3.40. The molecule has 9 nitrogen and oxygen atoms in total. The van der Waals surface area contributed by atoms with E-state index in [9.17, 15) is 18.0 Å². The average molecular weight is 462 g/mol. The number of hydrogen-bond donors (Lipinski definition) is 3. The lowest BCUT2D eigenvalue weighted by Crippen LogP contribution is -2.32. The van der Waals surface area contributed by atoms with E-state index in [1.54, 1.807) is 18.2 Å². The molecule has 0 aliphatic heterocycles. The van der Waals surface area contributed by atoms with Gasteiger partial charge in [0.15, 0.2) is 11.5 Å². The number of benzene rings is 2. The Kier molecular flexibility index (Phi) is 7.05. The van der Waals surface area contributed by atoms with Crippen LogP contribution in [0.5, 0.6) is 11.5 Å². The van der Waals surface area contributed by atoms with Crippen LogP contribution in [0.3, 0.4) is 0 Å². The predicted molar refractivity (Wildman–Crippen MR) is 122 cm³/mol. The maximum Gasteiger partial charge on any atom is 0.326 e. The van der Waals surface area contributed by atoms with Gasteiger partial charge in [-0.05, 0) is 55.7 Å². The highest BCUT2D eigenvalue weighted by atomic mass is 32.2. The molecule has 1 atom stereocenters. The van der Waals surface area contributed by atoms with Crippen molar-refractivity contribution in [2.45, 2.75) is 38.6 Å². The summed E-state index contributed by atoms with van der Waals surface area (Å²) in [6.45, 7) is 8.46. The number of hydrogen-bond acceptors (Lipinski definition) is 6. The van der Waals surface area contributed by atoms with Gasteiger partial charge in [-0.15, -0.1) is 0 Å². The molecule has 0 radical (unpaired) electrons. The van der Waals surface area contributed by atoms with Crippen molar-refractivity contribution in [1.82, 2.24) is 14.7 Å². The molecule has 3 N–H and O–H groups in total. The fourth-order valence-corrected chi connectivity index (χ4v) is 4.80. The van der Waals surface area contributed by atoms with E-state index < -0.39 is 27.3 Å². The molecule has 1 heterocycles. The van der Waals surface area contributed by atoms with Crippen molar-refractivity contribution in [3.8, 4) is 11.5 Å². The molecule has 3 aromatic rings. The molecule has 0 saturated heterocycles. The standard InChI is InChI=1S/C22H27N3O6S/c1-5-30-18-10-7-14(11-19(18)31-6-2)20(13(3)4)25-32(28,29)15-8-9-17-16(12-15)21(26)24-22(27)23-17/h7-13,20,25H,5-6H2,1-4H3,(H2,23,24,26,27)/t20-/m1/s1. The number of nitrogens with one attached hydrogen (secondary N) is 3. The molecule has 0 fully saturated rings. The zero-order valence-corrected chi connectivity index (χ0v) is 19.2. The van der Waals surface area contributed by atoms with Gasteiger partial charge in [0, 0.05) is 6.04 Å². The first-order valence-corrected chi connectivity index (χ1v) is 11.8. The van der Waals surface area contributed by atoms with Crippen LogP contribution >= 0.6 is 0 Å². The van der Waals surface area contributed by atoms with Gasteiger partial charge in [0.05, 0.1) is 29.0 Å². The number of aromatic nitrogens is 2. The van der Waals surface area contributed by atoms with Gasteiger partial charge < -0.3 is 14.5 Å². The second-order valence-electron chi connectivity index (χ2n) is 7.53. The number of fused-ring (bicyclic) bond motifs is 1. The minimum atomic E-state index is -3.98. The molecule has 32 heavy (non-hydrogen) atoms. The van der Waals surface area contributed by atoms with Gasteiger partial charge in [0.25, 0.3) is 5.56 Å². The van der Waals surface area contributed by atoms with Crippen LogP contribution in [0.25, 0.3) is 10.9 Å². The SMILES string of the molecule is CCOc1ccc([C@H](NS(=O)(=O)c2ccc3[nH]c(=O)[nH]c(=O)c3c2)C(C)C)cc1OCC. The molecule has 1 aromatic heterocycles. The fraction of sp³-hybridized carbons (Fsp3) is 0.364. The van der Waals surface area contributed by atoms with Crippen molar-refractivity contribution < 1.29 is 17.9 Å². The van der Waals surface area contributed by atoms with E-state index in [1.165, 1.54) is 18.2 Å². The summed E-state index contributed by atoms with van der Waals surface area (Å²) in [5, 5.41) is 0.0771. The van der Waals surface area contributed by atoms with E-state index in [2.05, 4.69) is 14.7 Å². The Morgan fingerprint density at radius 3 is 2.28 bits per heavy atom. The lowest BCUT2D eigenvalue weighted by Gasteiger charge is -2.24. The minimum Gasteiger partial charge on any atom is -0.490 e. The molecule has 0 saturated carbocycles. The Bertz CT molecular complexity index is 1330. The Balaban J connectivity index is 2.00. The molecule has 3 rings (SSSR count). The molecule has 0 spiro atoms. The van der Waals surface area contributed by atoms with Crippen LogP contribution in [0.2, 0.25) is 0 Å². The second kappa shape index (κ2) is 9.58. The zero-order valence-electron chi connectivity index (χ0n) is 18.4. The molecular weight excluding hydrogens is 434 g/mol. The third kappa shape index (κ3) is 5.03. The van der Waals surface area contributed by atoms with Crippen LogP contribution in [-0.4, -0.2) is 31.6 Å². The van der Waals surface area contributed by atoms with Crippen molar-refractivity contribution in [2.24, 2.45) is 5.92 Å². The third-order valence-electron chi connectivity index (χ3n) is 4.90. The molecule has 10 heteroatoms. The quantitative estimate of drug-likeness (QED) is 0.449. The first kappa shape index (κ1) is 23.6. The first-order valence-electron chi connectivity index (χ1n) is 10.3. The number of rotatable bonds is 9. The molecular formula is C22H27N3O6S. The summed E-state index contributed by atoms with van der Waals surface area (Å²) >= 11 is 0. The normalized spacial score (nSPS) is 12.8. The van der Waals surface area contributed by atoms with Crippen LogP contribution in [0, 0.1) is 5.92 Å². The van der Waals surface area contributed by atoms with E-state index in [-0.39, 0.29) is 21.7 Å². The van der Waals surface area contributed by atoms with Gasteiger partial charge in [-0.25, -0.2) is 17.9 Å². The number of aromatic amines is 2. The Labute approximate surface area is 185 Å². The molecule has 0 unspecified atom stereocenters. The number of H-pyrrole nitrogens is 2. The molecule has 2 aromatic carbocycles. The van der Waals surface area contributed by atoms with Gasteiger partial charge in [-0.3, -0.25) is 9.78 Å². The molecule has 0 bridgehead atoms. The summed E-state index contributed by atoms with van der Waals surface area (Å²) in [6.07, 6.45) is 0. The van der Waals surface area contributed by atoms with Gasteiger partial charge >= 0.3 is 5.69 Å². The summed E-state index contributed by atoms with van der Waals surface area (Å²) in [4.78, 5) is 28.0. The average Bonchev–Trinajstić information content (AvgIpc) is 2.73. The summed E-state index contributed by atoms with van der Waals surface area (Å²) in [7, 11) is -3.98. The maximum atomic E-state index is 13.2. The Morgan fingerprint density at radius 1 is 0.938 bits per heavy atom. The predicted octanol–water partition coefficient (Wildman–Crippen LogP) is 2.69. The van der Waals surface area contributed by atoms with Crippen LogP contribution in [0.1, 0.15) is 39.3 Å². The van der Waals surface area contributed by atoms with Crippen LogP contribution in [-0.2, 0) is 10.0 Å². The molecule has 0 aliphatic carbocycles. The topological polar surface area (TPSA) is 130 Å². The van der Waals surface area contributed by atoms with Gasteiger partial charge in [0.2, 0.25) is 10.0 Å². The smallest absolute Gasteiger partial charge is 0.326 e. The largest absolute Gasteiger partial charge is 0.490 e. The van der Waals surface area contributed by atoms with E-state index in [4.69, 9.17) is 9.47 Å². The van der Waals surface area contributed by atoms with Crippen LogP contribution in [0.4, 0.5) is 0 Å². The Hall–Kier alpha value is -3.11. The van der Waals surface area contributed by atoms with Crippen molar-refractivity contribution >= 4 is 20.9 Å². The lowest BCUT2D eigenvalue weighted by atomic mass is 9.97. The highest BCUT2D eigenvalue weighted by molar-refractivity contribution is 7.89. The van der Waals surface area contributed by atoms with Gasteiger partial charge in [0.1, 0.15) is 0 Å². The van der Waals surface area contributed by atoms with E-state index >= 15 is 0 Å². The molecule has 0 aliphatic rings. The van der Waals surface area contributed by atoms with Crippen molar-refractivity contribution in [3.05, 3.63) is 62.8 Å².